The van der Waals surface area contributed by atoms with Crippen LogP contribution >= 0.6 is 0 Å². The average Bonchev–Trinajstić information content (AvgIpc) is 3.47. The quantitative estimate of drug-likeness (QED) is 0.689. The molecule has 1 aliphatic carbocycles. The van der Waals surface area contributed by atoms with Gasteiger partial charge in [-0.15, -0.1) is 5.10 Å². The summed E-state index contributed by atoms with van der Waals surface area (Å²) < 4.78 is 38.8. The molecule has 1 atom stereocenters. The van der Waals surface area contributed by atoms with Crippen molar-refractivity contribution in [2.24, 2.45) is 0 Å². The molecule has 0 radical (unpaired) electrons. The van der Waals surface area contributed by atoms with Crippen molar-refractivity contribution in [3.05, 3.63) is 35.7 Å². The predicted octanol–water partition coefficient (Wildman–Crippen LogP) is 3.52. The number of benzene rings is 1. The molecule has 1 unspecified atom stereocenters. The smallest absolute Gasteiger partial charge is 0.322 e. The Hall–Kier alpha value is -2.30. The maximum atomic E-state index is 13.1. The highest BCUT2D eigenvalue weighted by molar-refractivity contribution is 7.89. The molecule has 1 saturated heterocycles. The number of carbonyl (C=O) groups excluding carboxylic acids is 1. The Morgan fingerprint density at radius 1 is 1.10 bits per heavy atom. The second-order valence-electron chi connectivity index (χ2n) is 7.93. The van der Waals surface area contributed by atoms with Gasteiger partial charge in [-0.3, -0.25) is 10.1 Å². The molecule has 1 aliphatic heterocycles. The van der Waals surface area contributed by atoms with Crippen molar-refractivity contribution in [2.45, 2.75) is 68.9 Å². The summed E-state index contributed by atoms with van der Waals surface area (Å²) in [5, 5.41) is 10.3. The van der Waals surface area contributed by atoms with Gasteiger partial charge in [0.05, 0.1) is 4.90 Å². The van der Waals surface area contributed by atoms with Crippen LogP contribution in [-0.4, -0.2) is 48.0 Å². The summed E-state index contributed by atoms with van der Waals surface area (Å²) in [4.78, 5) is 12.7. The first-order valence-corrected chi connectivity index (χ1v) is 12.3. The third-order valence-electron chi connectivity index (χ3n) is 5.88. The molecule has 1 aromatic carbocycles. The van der Waals surface area contributed by atoms with E-state index < -0.39 is 15.9 Å². The van der Waals surface area contributed by atoms with Crippen molar-refractivity contribution >= 4 is 21.9 Å². The molecule has 2 aromatic rings. The molecule has 1 saturated carbocycles. The van der Waals surface area contributed by atoms with Crippen LogP contribution in [0.1, 0.15) is 74.2 Å². The van der Waals surface area contributed by atoms with Crippen LogP contribution in [0.3, 0.4) is 0 Å². The highest BCUT2D eigenvalue weighted by Crippen LogP contribution is 2.29. The average molecular weight is 449 g/mol. The van der Waals surface area contributed by atoms with E-state index in [1.807, 2.05) is 6.92 Å². The van der Waals surface area contributed by atoms with E-state index in [-0.39, 0.29) is 23.1 Å². The van der Waals surface area contributed by atoms with Crippen molar-refractivity contribution in [3.8, 4) is 0 Å². The Morgan fingerprint density at radius 3 is 2.48 bits per heavy atom. The minimum Gasteiger partial charge on any atom is -0.405 e. The van der Waals surface area contributed by atoms with Gasteiger partial charge < -0.3 is 9.15 Å². The molecule has 2 heterocycles. The van der Waals surface area contributed by atoms with E-state index in [0.717, 1.165) is 44.9 Å². The van der Waals surface area contributed by atoms with Gasteiger partial charge in [0, 0.05) is 24.8 Å². The number of hydrogen-bond acceptors (Lipinski definition) is 7. The first kappa shape index (κ1) is 21.9. The Bertz CT molecular complexity index is 993. The molecule has 168 valence electrons. The van der Waals surface area contributed by atoms with Crippen molar-refractivity contribution in [1.29, 1.82) is 0 Å². The summed E-state index contributed by atoms with van der Waals surface area (Å²) in [6.07, 6.45) is 6.57. The predicted molar refractivity (Wildman–Crippen MR) is 113 cm³/mol. The minimum atomic E-state index is -3.61. The second-order valence-corrected chi connectivity index (χ2v) is 9.82. The number of nitrogens with zero attached hydrogens (tertiary/aromatic N) is 3. The second kappa shape index (κ2) is 9.46. The van der Waals surface area contributed by atoms with E-state index in [1.54, 1.807) is 4.31 Å². The number of sulfonamides is 1. The molecule has 1 amide bonds. The van der Waals surface area contributed by atoms with Gasteiger partial charge in [0.2, 0.25) is 15.9 Å². The van der Waals surface area contributed by atoms with Crippen LogP contribution in [0.2, 0.25) is 0 Å². The normalized spacial score (nSPS) is 20.3. The fourth-order valence-electron chi connectivity index (χ4n) is 4.26. The molecule has 0 spiro atoms. The zero-order chi connectivity index (χ0) is 21.8. The molecular formula is C21H28N4O5S. The van der Waals surface area contributed by atoms with E-state index in [0.29, 0.717) is 24.6 Å². The molecule has 1 N–H and O–H groups in total. The third-order valence-corrected chi connectivity index (χ3v) is 7.92. The highest BCUT2D eigenvalue weighted by Gasteiger charge is 2.31. The lowest BCUT2D eigenvalue weighted by atomic mass is 9.95. The first-order chi connectivity index (χ1) is 15.0. The molecule has 2 fully saturated rings. The number of carbonyl (C=O) groups is 1. The van der Waals surface area contributed by atoms with Crippen LogP contribution in [0.25, 0.3) is 0 Å². The summed E-state index contributed by atoms with van der Waals surface area (Å²) in [5.41, 5.74) is 0.302. The van der Waals surface area contributed by atoms with E-state index in [1.165, 1.54) is 24.3 Å². The summed E-state index contributed by atoms with van der Waals surface area (Å²) in [6.45, 7) is 2.95. The maximum absolute atomic E-state index is 13.1. The number of amides is 1. The standard InChI is InChI=1S/C21H28N4O5S/c1-2-25(16-7-4-3-5-8-16)31(27,28)17-12-10-15(11-13-17)19(26)22-21-24-23-20(30-21)18-9-6-14-29-18/h10-13,16,18H,2-9,14H2,1H3,(H,22,24,26). The van der Waals surface area contributed by atoms with Crippen LogP contribution < -0.4 is 5.32 Å². The Labute approximate surface area is 182 Å². The minimum absolute atomic E-state index is 0.0124. The number of anilines is 1. The molecule has 9 nitrogen and oxygen atoms in total. The van der Waals surface area contributed by atoms with Crippen LogP contribution in [0.15, 0.2) is 33.6 Å². The van der Waals surface area contributed by atoms with Crippen molar-refractivity contribution in [3.63, 3.8) is 0 Å². The SMILES string of the molecule is CCN(C1CCCCC1)S(=O)(=O)c1ccc(C(=O)Nc2nnc(C3CCCO3)o2)cc1. The molecule has 1 aromatic heterocycles. The van der Waals surface area contributed by atoms with E-state index in [9.17, 15) is 13.2 Å². The van der Waals surface area contributed by atoms with Gasteiger partial charge in [-0.2, -0.15) is 4.31 Å². The number of rotatable bonds is 7. The van der Waals surface area contributed by atoms with Gasteiger partial charge in [0.25, 0.3) is 5.91 Å². The van der Waals surface area contributed by atoms with Crippen LogP contribution in [0.5, 0.6) is 0 Å². The molecule has 4 rings (SSSR count). The summed E-state index contributed by atoms with van der Waals surface area (Å²) in [6, 6.07) is 5.97. The van der Waals surface area contributed by atoms with Gasteiger partial charge in [0.1, 0.15) is 6.10 Å². The largest absolute Gasteiger partial charge is 0.405 e. The van der Waals surface area contributed by atoms with Crippen LogP contribution in [-0.2, 0) is 14.8 Å². The Morgan fingerprint density at radius 2 is 1.84 bits per heavy atom. The Balaban J connectivity index is 1.43. The molecule has 2 aliphatic rings. The fourth-order valence-corrected chi connectivity index (χ4v) is 5.96. The monoisotopic (exact) mass is 448 g/mol. The molecule has 31 heavy (non-hydrogen) atoms. The first-order valence-electron chi connectivity index (χ1n) is 10.9. The number of hydrogen-bond donors (Lipinski definition) is 1. The van der Waals surface area contributed by atoms with E-state index in [4.69, 9.17) is 9.15 Å². The summed E-state index contributed by atoms with van der Waals surface area (Å²) >= 11 is 0. The Kier molecular flexibility index (Phi) is 6.68. The maximum Gasteiger partial charge on any atom is 0.322 e. The number of nitrogens with one attached hydrogen (secondary N) is 1. The third kappa shape index (κ3) is 4.81. The zero-order valence-electron chi connectivity index (χ0n) is 17.6. The van der Waals surface area contributed by atoms with Gasteiger partial charge in [0.15, 0.2) is 0 Å². The van der Waals surface area contributed by atoms with Crippen LogP contribution in [0, 0.1) is 0 Å². The lowest BCUT2D eigenvalue weighted by molar-refractivity contribution is 0.0893. The molecule has 0 bridgehead atoms. The zero-order valence-corrected chi connectivity index (χ0v) is 18.4. The summed E-state index contributed by atoms with van der Waals surface area (Å²) in [7, 11) is -3.61. The van der Waals surface area contributed by atoms with Gasteiger partial charge in [-0.25, -0.2) is 8.42 Å². The van der Waals surface area contributed by atoms with Gasteiger partial charge in [-0.1, -0.05) is 31.3 Å². The fraction of sp³-hybridized carbons (Fsp3) is 0.571. The van der Waals surface area contributed by atoms with E-state index in [2.05, 4.69) is 15.5 Å². The van der Waals surface area contributed by atoms with Gasteiger partial charge >= 0.3 is 6.01 Å². The highest BCUT2D eigenvalue weighted by atomic mass is 32.2. The van der Waals surface area contributed by atoms with E-state index >= 15 is 0 Å². The van der Waals surface area contributed by atoms with Crippen molar-refractivity contribution in [2.75, 3.05) is 18.5 Å². The van der Waals surface area contributed by atoms with Gasteiger partial charge in [-0.05, 0) is 49.9 Å². The topological polar surface area (TPSA) is 115 Å². The number of aromatic nitrogens is 2. The number of ether oxygens (including phenoxy) is 1. The van der Waals surface area contributed by atoms with Crippen LogP contribution in [0.4, 0.5) is 6.01 Å². The molecule has 10 heteroatoms. The van der Waals surface area contributed by atoms with Crippen molar-refractivity contribution in [1.82, 2.24) is 14.5 Å². The summed E-state index contributed by atoms with van der Waals surface area (Å²) in [5.74, 6) is -0.109. The van der Waals surface area contributed by atoms with Crippen molar-refractivity contribution < 1.29 is 22.4 Å². The molecular weight excluding hydrogens is 420 g/mol. The lowest BCUT2D eigenvalue weighted by Gasteiger charge is -2.32. The lowest BCUT2D eigenvalue weighted by Crippen LogP contribution is -2.41.